The molecule has 0 atom stereocenters. The molecule has 48 valence electrons. The lowest BCUT2D eigenvalue weighted by Gasteiger charge is -2.36. The van der Waals surface area contributed by atoms with Crippen LogP contribution in [0.15, 0.2) is 0 Å². The number of hydrogen-bond acceptors (Lipinski definition) is 4. The van der Waals surface area contributed by atoms with Crippen LogP contribution in [0, 0.1) is 0 Å². The first-order valence-corrected chi connectivity index (χ1v) is 2.19. The van der Waals surface area contributed by atoms with Gasteiger partial charge in [-0.25, -0.2) is 0 Å². The minimum absolute atomic E-state index is 0. The molecule has 0 aromatic carbocycles. The fourth-order valence-electron chi connectivity index (χ4n) is 0. The molecule has 7 heteroatoms. The average molecular weight is 166 g/mol. The lowest BCUT2D eigenvalue weighted by atomic mass is 15.8. The van der Waals surface area contributed by atoms with Gasteiger partial charge in [-0.1, -0.05) is 0 Å². The summed E-state index contributed by atoms with van der Waals surface area (Å²) in [6.45, 7) is 0. The van der Waals surface area contributed by atoms with Crippen molar-refractivity contribution in [3.8, 4) is 0 Å². The zero-order chi connectivity index (χ0) is 4.50. The normalized spacial score (nSPS) is 8.43. The van der Waals surface area contributed by atoms with Gasteiger partial charge in [-0.05, 0) is 0 Å². The van der Waals surface area contributed by atoms with E-state index in [1.165, 1.54) is 0 Å². The first kappa shape index (κ1) is 15.6. The predicted octanol–water partition coefficient (Wildman–Crippen LogP) is -8.82. The van der Waals surface area contributed by atoms with Crippen LogP contribution < -0.4 is 39.5 Å². The molecule has 0 heterocycles. The number of phosphoric acid groups is 1. The van der Waals surface area contributed by atoms with Gasteiger partial charge in [-0.15, -0.1) is 0 Å². The second kappa shape index (κ2) is 4.84. The van der Waals surface area contributed by atoms with Crippen LogP contribution in [0.3, 0.4) is 0 Å². The SMILES string of the molecule is O=P([O-])([O-])[O-].[Cl-].[Cl-]. The molecule has 0 N–H and O–H groups in total. The topological polar surface area (TPSA) is 86.2 Å². The van der Waals surface area contributed by atoms with E-state index in [1.54, 1.807) is 0 Å². The van der Waals surface area contributed by atoms with Crippen LogP contribution in [0.25, 0.3) is 0 Å². The molecule has 0 aliphatic carbocycles. The number of rotatable bonds is 0. The van der Waals surface area contributed by atoms with Gasteiger partial charge < -0.3 is 44.1 Å². The Labute approximate surface area is 52.6 Å². The zero-order valence-electron chi connectivity index (χ0n) is 2.84. The Balaban J connectivity index is -0.0000000800. The van der Waals surface area contributed by atoms with Gasteiger partial charge in [0.25, 0.3) is 0 Å². The van der Waals surface area contributed by atoms with Gasteiger partial charge in [0.05, 0.1) is 0 Å². The van der Waals surface area contributed by atoms with Crippen LogP contribution >= 0.6 is 7.82 Å². The lowest BCUT2D eigenvalue weighted by molar-refractivity contribution is -0.432. The van der Waals surface area contributed by atoms with Gasteiger partial charge in [0, 0.05) is 0 Å². The van der Waals surface area contributed by atoms with Crippen molar-refractivity contribution in [3.63, 3.8) is 0 Å². The van der Waals surface area contributed by atoms with Crippen LogP contribution in [0.5, 0.6) is 0 Å². The summed E-state index contributed by atoms with van der Waals surface area (Å²) in [4.78, 5) is 25.6. The van der Waals surface area contributed by atoms with Crippen molar-refractivity contribution in [1.82, 2.24) is 0 Å². The molecule has 0 aliphatic heterocycles. The third kappa shape index (κ3) is 309. The summed E-state index contributed by atoms with van der Waals surface area (Å²) >= 11 is 0. The average Bonchev–Trinajstić information content (AvgIpc) is 0.722. The summed E-state index contributed by atoms with van der Waals surface area (Å²) in [6, 6.07) is 0. The largest absolute Gasteiger partial charge is 1.00 e. The van der Waals surface area contributed by atoms with Gasteiger partial charge in [0.1, 0.15) is 0 Å². The van der Waals surface area contributed by atoms with Gasteiger partial charge >= 0.3 is 0 Å². The van der Waals surface area contributed by atoms with E-state index < -0.39 is 7.82 Å². The third-order valence-corrected chi connectivity index (χ3v) is 0. The van der Waals surface area contributed by atoms with Gasteiger partial charge in [-0.3, -0.25) is 0 Å². The van der Waals surface area contributed by atoms with E-state index in [4.69, 9.17) is 19.2 Å². The van der Waals surface area contributed by atoms with Crippen LogP contribution in [0.1, 0.15) is 0 Å². The highest BCUT2D eigenvalue weighted by Gasteiger charge is 1.44. The van der Waals surface area contributed by atoms with Crippen molar-refractivity contribution in [2.75, 3.05) is 0 Å². The summed E-state index contributed by atoms with van der Waals surface area (Å²) < 4.78 is 8.55. The van der Waals surface area contributed by atoms with Crippen molar-refractivity contribution in [2.45, 2.75) is 0 Å². The van der Waals surface area contributed by atoms with Crippen molar-refractivity contribution in [1.29, 1.82) is 0 Å². The highest BCUT2D eigenvalue weighted by atomic mass is 35.5. The van der Waals surface area contributed by atoms with Crippen LogP contribution in [0.2, 0.25) is 0 Å². The second-order valence-corrected chi connectivity index (χ2v) is 1.34. The maximum Gasteiger partial charge on any atom is -0.159 e. The first-order valence-electron chi connectivity index (χ1n) is 0.730. The van der Waals surface area contributed by atoms with E-state index in [0.717, 1.165) is 0 Å². The first-order chi connectivity index (χ1) is 2.00. The standard InChI is InChI=1S/2ClH.H3O4P/c;;1-5(2,3)4/h2*1H;(H3,1,2,3,4)/p-5. The predicted molar refractivity (Wildman–Crippen MR) is 7.61 cm³/mol. The molecule has 0 radical (unpaired) electrons. The summed E-state index contributed by atoms with van der Waals surface area (Å²) in [6.07, 6.45) is 0. The molecule has 0 aromatic rings. The molecule has 0 amide bonds. The molecule has 7 heavy (non-hydrogen) atoms. The molecule has 0 saturated carbocycles. The van der Waals surface area contributed by atoms with Crippen LogP contribution in [0.4, 0.5) is 0 Å². The van der Waals surface area contributed by atoms with E-state index in [-0.39, 0.29) is 24.8 Å². The summed E-state index contributed by atoms with van der Waals surface area (Å²) in [5.74, 6) is 0. The highest BCUT2D eigenvalue weighted by Crippen LogP contribution is 2.03. The Morgan fingerprint density at radius 1 is 1.00 bits per heavy atom. The van der Waals surface area contributed by atoms with Gasteiger partial charge in [0.2, 0.25) is 0 Å². The maximum absolute atomic E-state index is 8.55. The van der Waals surface area contributed by atoms with Crippen molar-refractivity contribution < 1.29 is 44.1 Å². The zero-order valence-corrected chi connectivity index (χ0v) is 5.24. The Kier molecular flexibility index (Phi) is 10.8. The fourth-order valence-corrected chi connectivity index (χ4v) is 0. The van der Waals surface area contributed by atoms with E-state index in [2.05, 4.69) is 0 Å². The van der Waals surface area contributed by atoms with Gasteiger partial charge in [0.15, 0.2) is 0 Å². The van der Waals surface area contributed by atoms with E-state index in [0.29, 0.717) is 0 Å². The number of halogens is 2. The molecule has 0 rings (SSSR count). The quantitative estimate of drug-likeness (QED) is 0.334. The lowest BCUT2D eigenvalue weighted by Crippen LogP contribution is -3.00. The van der Waals surface area contributed by atoms with Crippen molar-refractivity contribution in [3.05, 3.63) is 0 Å². The van der Waals surface area contributed by atoms with E-state index >= 15 is 0 Å². The summed E-state index contributed by atoms with van der Waals surface area (Å²) in [5.41, 5.74) is 0. The third-order valence-electron chi connectivity index (χ3n) is 0. The maximum atomic E-state index is 8.55. The fraction of sp³-hybridized carbons (Fsp3) is 0. The minimum atomic E-state index is -5.39. The summed E-state index contributed by atoms with van der Waals surface area (Å²) in [5, 5.41) is 0. The Morgan fingerprint density at radius 3 is 1.00 bits per heavy atom. The smallest absolute Gasteiger partial charge is 0.159 e. The van der Waals surface area contributed by atoms with Crippen molar-refractivity contribution in [2.24, 2.45) is 0 Å². The molecule has 0 saturated heterocycles. The molecular formula is Cl2O4P-5. The molecule has 0 aromatic heterocycles. The van der Waals surface area contributed by atoms with Crippen LogP contribution in [-0.2, 0) is 4.57 Å². The van der Waals surface area contributed by atoms with Gasteiger partial charge in [-0.2, -0.15) is 7.82 Å². The molecule has 0 bridgehead atoms. The van der Waals surface area contributed by atoms with E-state index in [9.17, 15) is 0 Å². The Bertz CT molecular complexity index is 55.8. The molecule has 0 fully saturated rings. The number of hydrogen-bond donors (Lipinski definition) is 0. The monoisotopic (exact) mass is 165 g/mol. The molecule has 0 unspecified atom stereocenters. The van der Waals surface area contributed by atoms with Crippen molar-refractivity contribution >= 4 is 7.82 Å². The van der Waals surface area contributed by atoms with Crippen LogP contribution in [-0.4, -0.2) is 0 Å². The minimum Gasteiger partial charge on any atom is -1.00 e. The summed E-state index contributed by atoms with van der Waals surface area (Å²) in [7, 11) is -5.39. The molecule has 4 nitrogen and oxygen atoms in total. The Morgan fingerprint density at radius 2 is 1.00 bits per heavy atom. The molecular weight excluding hydrogens is 166 g/mol. The molecule has 0 spiro atoms. The molecule has 0 aliphatic rings. The Hall–Kier alpha value is 0.690. The second-order valence-electron chi connectivity index (χ2n) is 0.447. The van der Waals surface area contributed by atoms with E-state index in [1.807, 2.05) is 0 Å². The highest BCUT2D eigenvalue weighted by molar-refractivity contribution is 7.40.